The van der Waals surface area contributed by atoms with E-state index in [1.54, 1.807) is 6.07 Å². The molecule has 2 aliphatic rings. The Balaban J connectivity index is 0.00000121. The number of carbonyl (C=O) groups excluding carboxylic acids is 1. The second-order valence-corrected chi connectivity index (χ2v) is 5.58. The SMILES string of the molecule is CC1CN(C(=O)c2ccc(N3CCCC3)nn2)CCN1.Cl.Cl. The third-order valence-electron chi connectivity index (χ3n) is 3.96. The molecule has 0 aliphatic carbocycles. The number of anilines is 1. The highest BCUT2D eigenvalue weighted by Crippen LogP contribution is 2.17. The van der Waals surface area contributed by atoms with Crippen molar-refractivity contribution < 1.29 is 4.79 Å². The lowest BCUT2D eigenvalue weighted by Crippen LogP contribution is -2.51. The Kier molecular flexibility index (Phi) is 7.32. The van der Waals surface area contributed by atoms with Crippen LogP contribution in [0.2, 0.25) is 0 Å². The molecule has 3 heterocycles. The summed E-state index contributed by atoms with van der Waals surface area (Å²) >= 11 is 0. The largest absolute Gasteiger partial charge is 0.355 e. The average Bonchev–Trinajstić information content (AvgIpc) is 3.01. The molecule has 0 spiro atoms. The fraction of sp³-hybridized carbons (Fsp3) is 0.643. The maximum absolute atomic E-state index is 12.4. The van der Waals surface area contributed by atoms with Gasteiger partial charge in [-0.1, -0.05) is 0 Å². The van der Waals surface area contributed by atoms with Crippen LogP contribution in [-0.4, -0.2) is 59.8 Å². The van der Waals surface area contributed by atoms with Gasteiger partial charge in [0.15, 0.2) is 11.5 Å². The van der Waals surface area contributed by atoms with Gasteiger partial charge in [0, 0.05) is 38.8 Å². The molecular weight excluding hydrogens is 325 g/mol. The maximum Gasteiger partial charge on any atom is 0.274 e. The van der Waals surface area contributed by atoms with Crippen molar-refractivity contribution in [3.63, 3.8) is 0 Å². The van der Waals surface area contributed by atoms with Gasteiger partial charge in [0.05, 0.1) is 0 Å². The number of hydrogen-bond acceptors (Lipinski definition) is 5. The molecule has 0 saturated carbocycles. The predicted octanol–water partition coefficient (Wildman–Crippen LogP) is 1.35. The molecule has 124 valence electrons. The third-order valence-corrected chi connectivity index (χ3v) is 3.96. The molecule has 2 saturated heterocycles. The van der Waals surface area contributed by atoms with E-state index in [4.69, 9.17) is 0 Å². The molecule has 6 nitrogen and oxygen atoms in total. The van der Waals surface area contributed by atoms with Gasteiger partial charge in [-0.25, -0.2) is 0 Å². The van der Waals surface area contributed by atoms with E-state index in [1.807, 2.05) is 11.0 Å². The molecule has 1 aromatic rings. The topological polar surface area (TPSA) is 61.4 Å². The van der Waals surface area contributed by atoms with E-state index in [9.17, 15) is 4.79 Å². The summed E-state index contributed by atoms with van der Waals surface area (Å²) in [6.07, 6.45) is 2.42. The standard InChI is InChI=1S/C14H21N5O.2ClH/c1-11-10-19(9-6-15-11)14(20)12-4-5-13(17-16-12)18-7-2-3-8-18;;/h4-5,11,15H,2-3,6-10H2,1H3;2*1H. The summed E-state index contributed by atoms with van der Waals surface area (Å²) in [7, 11) is 0. The van der Waals surface area contributed by atoms with Crippen molar-refractivity contribution in [2.75, 3.05) is 37.6 Å². The maximum atomic E-state index is 12.4. The number of piperazine rings is 1. The molecule has 0 radical (unpaired) electrons. The van der Waals surface area contributed by atoms with E-state index >= 15 is 0 Å². The van der Waals surface area contributed by atoms with Crippen molar-refractivity contribution in [2.45, 2.75) is 25.8 Å². The highest BCUT2D eigenvalue weighted by Gasteiger charge is 2.23. The summed E-state index contributed by atoms with van der Waals surface area (Å²) in [5, 5.41) is 11.7. The summed E-state index contributed by atoms with van der Waals surface area (Å²) in [5.41, 5.74) is 0.446. The van der Waals surface area contributed by atoms with Crippen LogP contribution in [0.3, 0.4) is 0 Å². The van der Waals surface area contributed by atoms with Gasteiger partial charge in [-0.15, -0.1) is 35.0 Å². The van der Waals surface area contributed by atoms with Gasteiger partial charge in [-0.3, -0.25) is 4.79 Å². The zero-order valence-electron chi connectivity index (χ0n) is 12.7. The van der Waals surface area contributed by atoms with E-state index in [0.717, 1.165) is 38.5 Å². The van der Waals surface area contributed by atoms with Crippen LogP contribution in [0.5, 0.6) is 0 Å². The van der Waals surface area contributed by atoms with Crippen molar-refractivity contribution in [1.29, 1.82) is 0 Å². The number of halogens is 2. The number of rotatable bonds is 2. The van der Waals surface area contributed by atoms with Crippen LogP contribution in [0.25, 0.3) is 0 Å². The number of aromatic nitrogens is 2. The minimum Gasteiger partial charge on any atom is -0.355 e. The lowest BCUT2D eigenvalue weighted by atomic mass is 10.2. The first-order valence-corrected chi connectivity index (χ1v) is 7.35. The number of amides is 1. The average molecular weight is 348 g/mol. The van der Waals surface area contributed by atoms with Crippen molar-refractivity contribution in [3.05, 3.63) is 17.8 Å². The van der Waals surface area contributed by atoms with Crippen LogP contribution in [0, 0.1) is 0 Å². The lowest BCUT2D eigenvalue weighted by molar-refractivity contribution is 0.0702. The first-order chi connectivity index (χ1) is 9.74. The predicted molar refractivity (Wildman–Crippen MR) is 91.3 cm³/mol. The molecule has 0 bridgehead atoms. The van der Waals surface area contributed by atoms with Gasteiger partial charge in [0.25, 0.3) is 5.91 Å². The highest BCUT2D eigenvalue weighted by atomic mass is 35.5. The van der Waals surface area contributed by atoms with E-state index in [1.165, 1.54) is 12.8 Å². The summed E-state index contributed by atoms with van der Waals surface area (Å²) < 4.78 is 0. The van der Waals surface area contributed by atoms with E-state index < -0.39 is 0 Å². The third kappa shape index (κ3) is 4.21. The van der Waals surface area contributed by atoms with Crippen LogP contribution in [0.15, 0.2) is 12.1 Å². The van der Waals surface area contributed by atoms with E-state index in [2.05, 4.69) is 27.3 Å². The first kappa shape index (κ1) is 18.9. The number of nitrogens with one attached hydrogen (secondary N) is 1. The second kappa shape index (κ2) is 8.50. The summed E-state index contributed by atoms with van der Waals surface area (Å²) in [4.78, 5) is 16.4. The van der Waals surface area contributed by atoms with Crippen LogP contribution in [0.1, 0.15) is 30.3 Å². The van der Waals surface area contributed by atoms with Crippen molar-refractivity contribution in [1.82, 2.24) is 20.4 Å². The fourth-order valence-corrected chi connectivity index (χ4v) is 2.83. The van der Waals surface area contributed by atoms with Gasteiger partial charge >= 0.3 is 0 Å². The second-order valence-electron chi connectivity index (χ2n) is 5.58. The fourth-order valence-electron chi connectivity index (χ4n) is 2.83. The molecular formula is C14H23Cl2N5O. The lowest BCUT2D eigenvalue weighted by Gasteiger charge is -2.31. The number of nitrogens with zero attached hydrogens (tertiary/aromatic N) is 4. The molecule has 8 heteroatoms. The molecule has 1 N–H and O–H groups in total. The Morgan fingerprint density at radius 3 is 2.50 bits per heavy atom. The minimum absolute atomic E-state index is 0. The Hall–Kier alpha value is -1.11. The molecule has 2 aliphatic heterocycles. The normalized spacial score (nSPS) is 21.0. The first-order valence-electron chi connectivity index (χ1n) is 7.35. The Bertz CT molecular complexity index is 479. The van der Waals surface area contributed by atoms with Crippen molar-refractivity contribution >= 4 is 36.5 Å². The minimum atomic E-state index is -0.0150. The van der Waals surface area contributed by atoms with Crippen LogP contribution in [-0.2, 0) is 0 Å². The number of carbonyl (C=O) groups is 1. The van der Waals surface area contributed by atoms with Crippen LogP contribution >= 0.6 is 24.8 Å². The molecule has 1 aromatic heterocycles. The van der Waals surface area contributed by atoms with Crippen LogP contribution < -0.4 is 10.2 Å². The van der Waals surface area contributed by atoms with Crippen molar-refractivity contribution in [3.8, 4) is 0 Å². The molecule has 1 amide bonds. The molecule has 1 unspecified atom stereocenters. The molecule has 1 atom stereocenters. The zero-order valence-corrected chi connectivity index (χ0v) is 14.3. The quantitative estimate of drug-likeness (QED) is 0.874. The molecule has 3 rings (SSSR count). The van der Waals surface area contributed by atoms with Crippen molar-refractivity contribution in [2.24, 2.45) is 0 Å². The van der Waals surface area contributed by atoms with Gasteiger partial charge in [0.2, 0.25) is 0 Å². The Morgan fingerprint density at radius 1 is 1.18 bits per heavy atom. The van der Waals surface area contributed by atoms with E-state index in [0.29, 0.717) is 11.7 Å². The molecule has 2 fully saturated rings. The Morgan fingerprint density at radius 2 is 1.91 bits per heavy atom. The summed E-state index contributed by atoms with van der Waals surface area (Å²) in [5.74, 6) is 0.867. The zero-order chi connectivity index (χ0) is 13.9. The smallest absolute Gasteiger partial charge is 0.274 e. The summed E-state index contributed by atoms with van der Waals surface area (Å²) in [6.45, 7) is 6.47. The Labute approximate surface area is 143 Å². The number of hydrogen-bond donors (Lipinski definition) is 1. The van der Waals surface area contributed by atoms with Gasteiger partial charge in [-0.2, -0.15) is 0 Å². The molecule has 0 aromatic carbocycles. The van der Waals surface area contributed by atoms with Crippen LogP contribution in [0.4, 0.5) is 5.82 Å². The van der Waals surface area contributed by atoms with E-state index in [-0.39, 0.29) is 30.7 Å². The monoisotopic (exact) mass is 347 g/mol. The van der Waals surface area contributed by atoms with Gasteiger partial charge in [-0.05, 0) is 31.9 Å². The van der Waals surface area contributed by atoms with Gasteiger partial charge < -0.3 is 15.1 Å². The molecule has 22 heavy (non-hydrogen) atoms. The van der Waals surface area contributed by atoms with Gasteiger partial charge in [0.1, 0.15) is 0 Å². The summed E-state index contributed by atoms with van der Waals surface area (Å²) in [6, 6.07) is 4.05. The highest BCUT2D eigenvalue weighted by molar-refractivity contribution is 5.92.